The second-order valence-corrected chi connectivity index (χ2v) is 8.18. The first-order chi connectivity index (χ1) is 17.0. The van der Waals surface area contributed by atoms with E-state index in [1.807, 2.05) is 24.3 Å². The highest BCUT2D eigenvalue weighted by Crippen LogP contribution is 2.44. The number of carbonyl (C=O) groups is 3. The highest BCUT2D eigenvalue weighted by Gasteiger charge is 2.29. The van der Waals surface area contributed by atoms with Crippen molar-refractivity contribution in [2.24, 2.45) is 0 Å². The van der Waals surface area contributed by atoms with E-state index in [-0.39, 0.29) is 25.5 Å². The molecule has 4 rings (SSSR count). The van der Waals surface area contributed by atoms with Crippen molar-refractivity contribution in [3.8, 4) is 23.5 Å². The largest absolute Gasteiger partial charge is 0.480 e. The Morgan fingerprint density at radius 1 is 0.971 bits per heavy atom. The van der Waals surface area contributed by atoms with Gasteiger partial charge in [-0.2, -0.15) is 0 Å². The smallest absolute Gasteiger partial charge is 0.411 e. The predicted octanol–water partition coefficient (Wildman–Crippen LogP) is 4.14. The van der Waals surface area contributed by atoms with Crippen molar-refractivity contribution in [3.63, 3.8) is 0 Å². The van der Waals surface area contributed by atoms with E-state index in [1.54, 1.807) is 24.3 Å². The molecule has 35 heavy (non-hydrogen) atoms. The first kappa shape index (κ1) is 23.6. The number of carboxylic acid groups (broad SMARTS) is 1. The molecular weight excluding hydrogens is 444 g/mol. The van der Waals surface area contributed by atoms with E-state index >= 15 is 0 Å². The van der Waals surface area contributed by atoms with Crippen LogP contribution in [-0.2, 0) is 20.7 Å². The lowest BCUT2D eigenvalue weighted by atomic mass is 9.98. The van der Waals surface area contributed by atoms with Gasteiger partial charge in [0.1, 0.15) is 13.2 Å². The molecule has 0 atom stereocenters. The number of rotatable bonds is 8. The van der Waals surface area contributed by atoms with Crippen LogP contribution in [0.5, 0.6) is 0 Å². The molecule has 176 valence electrons. The zero-order chi connectivity index (χ0) is 24.8. The lowest BCUT2D eigenvalue weighted by Crippen LogP contribution is -2.37. The fourth-order valence-corrected chi connectivity index (χ4v) is 4.30. The van der Waals surface area contributed by atoms with Gasteiger partial charge in [0.05, 0.1) is 13.0 Å². The van der Waals surface area contributed by atoms with Gasteiger partial charge >= 0.3 is 12.1 Å². The standard InChI is InChI=1S/C28H24N2O5/c1-2-14-30(17-27(32)33)26(31)16-19-8-7-9-20(15-19)29-28(34)35-18-25-23-12-5-3-10-21(23)22-11-4-6-13-24(22)25/h1,3-13,15,25H,14,16-18H2,(H,29,34)(H,32,33). The van der Waals surface area contributed by atoms with Crippen LogP contribution in [0.15, 0.2) is 72.8 Å². The second-order valence-electron chi connectivity index (χ2n) is 8.18. The van der Waals surface area contributed by atoms with Crippen molar-refractivity contribution in [3.05, 3.63) is 89.5 Å². The minimum Gasteiger partial charge on any atom is -0.480 e. The first-order valence-corrected chi connectivity index (χ1v) is 11.1. The summed E-state index contributed by atoms with van der Waals surface area (Å²) in [5.74, 6) is 0.695. The summed E-state index contributed by atoms with van der Waals surface area (Å²) in [7, 11) is 0. The van der Waals surface area contributed by atoms with Gasteiger partial charge in [0.25, 0.3) is 0 Å². The predicted molar refractivity (Wildman–Crippen MR) is 132 cm³/mol. The zero-order valence-electron chi connectivity index (χ0n) is 18.9. The molecule has 7 nitrogen and oxygen atoms in total. The van der Waals surface area contributed by atoms with Crippen LogP contribution in [0.25, 0.3) is 11.1 Å². The number of terminal acetylenes is 1. The SMILES string of the molecule is C#CCN(CC(=O)O)C(=O)Cc1cccc(NC(=O)OCC2c3ccccc3-c3ccccc32)c1. The molecule has 0 spiro atoms. The van der Waals surface area contributed by atoms with Crippen LogP contribution in [0.1, 0.15) is 22.6 Å². The number of benzene rings is 3. The van der Waals surface area contributed by atoms with Crippen LogP contribution >= 0.6 is 0 Å². The van der Waals surface area contributed by atoms with Crippen molar-refractivity contribution in [1.82, 2.24) is 4.90 Å². The molecule has 7 heteroatoms. The molecule has 2 amide bonds. The van der Waals surface area contributed by atoms with Gasteiger partial charge in [0.2, 0.25) is 5.91 Å². The van der Waals surface area contributed by atoms with Gasteiger partial charge in [0, 0.05) is 11.6 Å². The first-order valence-electron chi connectivity index (χ1n) is 11.1. The Morgan fingerprint density at radius 2 is 1.63 bits per heavy atom. The number of carboxylic acids is 1. The normalized spacial score (nSPS) is 11.6. The summed E-state index contributed by atoms with van der Waals surface area (Å²) < 4.78 is 5.57. The fourth-order valence-electron chi connectivity index (χ4n) is 4.30. The summed E-state index contributed by atoms with van der Waals surface area (Å²) in [4.78, 5) is 37.1. The van der Waals surface area contributed by atoms with Crippen molar-refractivity contribution >= 4 is 23.7 Å². The average Bonchev–Trinajstić information content (AvgIpc) is 3.16. The van der Waals surface area contributed by atoms with Crippen LogP contribution in [0.3, 0.4) is 0 Å². The Balaban J connectivity index is 1.38. The molecule has 0 unspecified atom stereocenters. The quantitative estimate of drug-likeness (QED) is 0.485. The Bertz CT molecular complexity index is 1260. The number of hydrogen-bond acceptors (Lipinski definition) is 4. The number of amides is 2. The maximum absolute atomic E-state index is 12.5. The third-order valence-corrected chi connectivity index (χ3v) is 5.83. The lowest BCUT2D eigenvalue weighted by molar-refractivity contribution is -0.143. The summed E-state index contributed by atoms with van der Waals surface area (Å²) in [6, 6.07) is 22.9. The Morgan fingerprint density at radius 3 is 2.26 bits per heavy atom. The topological polar surface area (TPSA) is 95.9 Å². The van der Waals surface area contributed by atoms with Gasteiger partial charge in [-0.3, -0.25) is 14.9 Å². The zero-order valence-corrected chi connectivity index (χ0v) is 18.9. The Kier molecular flexibility index (Phi) is 7.12. The van der Waals surface area contributed by atoms with Crippen LogP contribution in [0, 0.1) is 12.3 Å². The van der Waals surface area contributed by atoms with Crippen LogP contribution < -0.4 is 5.32 Å². The van der Waals surface area contributed by atoms with Gasteiger partial charge in [-0.1, -0.05) is 66.6 Å². The number of nitrogens with one attached hydrogen (secondary N) is 1. The second kappa shape index (κ2) is 10.6. The Hall–Kier alpha value is -4.57. The molecule has 1 aliphatic carbocycles. The van der Waals surface area contributed by atoms with Gasteiger partial charge in [-0.25, -0.2) is 4.79 Å². The summed E-state index contributed by atoms with van der Waals surface area (Å²) in [5, 5.41) is 11.7. The van der Waals surface area contributed by atoms with E-state index < -0.39 is 24.5 Å². The minimum atomic E-state index is -1.14. The van der Waals surface area contributed by atoms with E-state index in [4.69, 9.17) is 16.3 Å². The summed E-state index contributed by atoms with van der Waals surface area (Å²) in [6.07, 6.45) is 4.60. The molecule has 0 saturated carbocycles. The molecule has 3 aromatic rings. The maximum atomic E-state index is 12.5. The van der Waals surface area contributed by atoms with E-state index in [0.29, 0.717) is 11.3 Å². The van der Waals surface area contributed by atoms with Gasteiger partial charge in [-0.05, 0) is 39.9 Å². The van der Waals surface area contributed by atoms with Gasteiger partial charge in [-0.15, -0.1) is 6.42 Å². The number of hydrogen-bond donors (Lipinski definition) is 2. The molecule has 0 heterocycles. The molecule has 0 aliphatic heterocycles. The summed E-state index contributed by atoms with van der Waals surface area (Å²) >= 11 is 0. The van der Waals surface area contributed by atoms with Gasteiger partial charge < -0.3 is 14.7 Å². The third kappa shape index (κ3) is 5.50. The van der Waals surface area contributed by atoms with Crippen molar-refractivity contribution in [2.45, 2.75) is 12.3 Å². The lowest BCUT2D eigenvalue weighted by Gasteiger charge is -2.18. The van der Waals surface area contributed by atoms with Gasteiger partial charge in [0.15, 0.2) is 0 Å². The molecule has 0 fully saturated rings. The summed E-state index contributed by atoms with van der Waals surface area (Å²) in [5.41, 5.74) is 5.63. The highest BCUT2D eigenvalue weighted by molar-refractivity contribution is 5.86. The Labute approximate surface area is 203 Å². The minimum absolute atomic E-state index is 0.0465. The van der Waals surface area contributed by atoms with Crippen molar-refractivity contribution in [1.29, 1.82) is 0 Å². The highest BCUT2D eigenvalue weighted by atomic mass is 16.5. The molecular formula is C28H24N2O5. The number of anilines is 1. The molecule has 3 aromatic carbocycles. The van der Waals surface area contributed by atoms with Crippen LogP contribution in [0.2, 0.25) is 0 Å². The van der Waals surface area contributed by atoms with E-state index in [9.17, 15) is 14.4 Å². The fraction of sp³-hybridized carbons (Fsp3) is 0.179. The number of ether oxygens (including phenoxy) is 1. The molecule has 1 aliphatic rings. The van der Waals surface area contributed by atoms with E-state index in [2.05, 4.69) is 35.5 Å². The molecule has 0 radical (unpaired) electrons. The van der Waals surface area contributed by atoms with E-state index in [0.717, 1.165) is 27.2 Å². The number of nitrogens with zero attached hydrogens (tertiary/aromatic N) is 1. The molecule has 0 saturated heterocycles. The van der Waals surface area contributed by atoms with Crippen LogP contribution in [-0.4, -0.2) is 47.7 Å². The van der Waals surface area contributed by atoms with Crippen molar-refractivity contribution < 1.29 is 24.2 Å². The maximum Gasteiger partial charge on any atom is 0.411 e. The van der Waals surface area contributed by atoms with Crippen molar-refractivity contribution in [2.75, 3.05) is 25.0 Å². The summed E-state index contributed by atoms with van der Waals surface area (Å²) in [6.45, 7) is -0.377. The number of fused-ring (bicyclic) bond motifs is 3. The molecule has 2 N–H and O–H groups in total. The monoisotopic (exact) mass is 468 g/mol. The molecule has 0 aromatic heterocycles. The number of aliphatic carboxylic acids is 1. The average molecular weight is 469 g/mol. The van der Waals surface area contributed by atoms with E-state index in [1.165, 1.54) is 0 Å². The third-order valence-electron chi connectivity index (χ3n) is 5.83. The number of carbonyl (C=O) groups excluding carboxylic acids is 2. The molecule has 0 bridgehead atoms. The van der Waals surface area contributed by atoms with Crippen LogP contribution in [0.4, 0.5) is 10.5 Å².